The number of nitrogens with one attached hydrogen (secondary N) is 1. The lowest BCUT2D eigenvalue weighted by atomic mass is 10.1. The van der Waals surface area contributed by atoms with E-state index in [1.54, 1.807) is 0 Å². The molecule has 2 heterocycles. The van der Waals surface area contributed by atoms with Crippen LogP contribution in [0.2, 0.25) is 0 Å². The van der Waals surface area contributed by atoms with Crippen LogP contribution >= 0.6 is 0 Å². The van der Waals surface area contributed by atoms with E-state index >= 15 is 0 Å². The lowest BCUT2D eigenvalue weighted by Crippen LogP contribution is -2.25. The zero-order valence-electron chi connectivity index (χ0n) is 11.1. The summed E-state index contributed by atoms with van der Waals surface area (Å²) in [5.41, 5.74) is 1.32. The maximum absolute atomic E-state index is 4.58. The number of hydrogen-bond donors (Lipinski definition) is 1. The molecular weight excluding hydrogens is 210 g/mol. The lowest BCUT2D eigenvalue weighted by Gasteiger charge is -2.23. The van der Waals surface area contributed by atoms with Crippen molar-refractivity contribution >= 4 is 5.82 Å². The van der Waals surface area contributed by atoms with Gasteiger partial charge >= 0.3 is 0 Å². The van der Waals surface area contributed by atoms with Gasteiger partial charge in [-0.15, -0.1) is 0 Å². The van der Waals surface area contributed by atoms with E-state index in [4.69, 9.17) is 0 Å². The number of anilines is 1. The van der Waals surface area contributed by atoms with Crippen LogP contribution in [0, 0.1) is 5.92 Å². The fourth-order valence-electron chi connectivity index (χ4n) is 2.56. The molecule has 1 aromatic rings. The normalized spacial score (nSPS) is 21.8. The number of aromatic nitrogens is 1. The highest BCUT2D eigenvalue weighted by Gasteiger charge is 2.23. The van der Waals surface area contributed by atoms with Crippen molar-refractivity contribution in [2.45, 2.75) is 33.2 Å². The van der Waals surface area contributed by atoms with Crippen molar-refractivity contribution in [1.82, 2.24) is 10.3 Å². The molecule has 2 unspecified atom stereocenters. The van der Waals surface area contributed by atoms with Gasteiger partial charge in [-0.2, -0.15) is 0 Å². The third-order valence-corrected chi connectivity index (χ3v) is 3.52. The van der Waals surface area contributed by atoms with Gasteiger partial charge in [-0.25, -0.2) is 4.98 Å². The first-order valence-corrected chi connectivity index (χ1v) is 6.65. The molecule has 0 radical (unpaired) electrons. The molecule has 1 N–H and O–H groups in total. The molecule has 0 spiro atoms. The van der Waals surface area contributed by atoms with Gasteiger partial charge < -0.3 is 10.2 Å². The van der Waals surface area contributed by atoms with Crippen LogP contribution in [0.1, 0.15) is 38.8 Å². The molecule has 94 valence electrons. The Kier molecular flexibility index (Phi) is 4.00. The zero-order chi connectivity index (χ0) is 12.3. The van der Waals surface area contributed by atoms with E-state index in [1.165, 1.54) is 17.8 Å². The van der Waals surface area contributed by atoms with Crippen LogP contribution in [0.5, 0.6) is 0 Å². The number of nitrogens with zero attached hydrogens (tertiary/aromatic N) is 2. The smallest absolute Gasteiger partial charge is 0.133 e. The molecule has 1 aliphatic heterocycles. The number of rotatable bonds is 4. The molecule has 0 bridgehead atoms. The standard InChI is InChI=1S/C14H23N3/c1-4-15-12(3)13-6-5-8-16-14(13)17-9-7-11(2)10-17/h5-6,8,11-12,15H,4,7,9-10H2,1-3H3. The zero-order valence-corrected chi connectivity index (χ0v) is 11.1. The summed E-state index contributed by atoms with van der Waals surface area (Å²) in [6, 6.07) is 4.60. The van der Waals surface area contributed by atoms with Crippen LogP contribution in [-0.2, 0) is 0 Å². The Morgan fingerprint density at radius 1 is 1.59 bits per heavy atom. The average molecular weight is 233 g/mol. The molecule has 3 heteroatoms. The topological polar surface area (TPSA) is 28.2 Å². The second-order valence-corrected chi connectivity index (χ2v) is 5.04. The van der Waals surface area contributed by atoms with Crippen molar-refractivity contribution in [3.05, 3.63) is 23.9 Å². The van der Waals surface area contributed by atoms with Crippen molar-refractivity contribution in [3.8, 4) is 0 Å². The third-order valence-electron chi connectivity index (χ3n) is 3.52. The highest BCUT2D eigenvalue weighted by molar-refractivity contribution is 5.49. The Labute approximate surface area is 104 Å². The van der Waals surface area contributed by atoms with Crippen LogP contribution in [0.3, 0.4) is 0 Å². The molecule has 1 aromatic heterocycles. The van der Waals surface area contributed by atoms with Gasteiger partial charge in [0.15, 0.2) is 0 Å². The summed E-state index contributed by atoms with van der Waals surface area (Å²) in [4.78, 5) is 7.01. The van der Waals surface area contributed by atoms with Gasteiger partial charge in [-0.3, -0.25) is 0 Å². The Balaban J connectivity index is 2.21. The Morgan fingerprint density at radius 3 is 3.06 bits per heavy atom. The molecule has 17 heavy (non-hydrogen) atoms. The molecule has 2 atom stereocenters. The van der Waals surface area contributed by atoms with Crippen LogP contribution in [-0.4, -0.2) is 24.6 Å². The van der Waals surface area contributed by atoms with Gasteiger partial charge in [0.2, 0.25) is 0 Å². The van der Waals surface area contributed by atoms with Crippen molar-refractivity contribution in [2.24, 2.45) is 5.92 Å². The fourth-order valence-corrected chi connectivity index (χ4v) is 2.56. The Hall–Kier alpha value is -1.09. The van der Waals surface area contributed by atoms with Crippen LogP contribution < -0.4 is 10.2 Å². The fraction of sp³-hybridized carbons (Fsp3) is 0.643. The molecule has 0 aliphatic carbocycles. The van der Waals surface area contributed by atoms with E-state index in [2.05, 4.69) is 42.0 Å². The minimum Gasteiger partial charge on any atom is -0.356 e. The van der Waals surface area contributed by atoms with E-state index in [-0.39, 0.29) is 0 Å². The van der Waals surface area contributed by atoms with Crippen molar-refractivity contribution in [2.75, 3.05) is 24.5 Å². The summed E-state index contributed by atoms with van der Waals surface area (Å²) in [6.07, 6.45) is 3.19. The van der Waals surface area contributed by atoms with Crippen molar-refractivity contribution in [3.63, 3.8) is 0 Å². The second kappa shape index (κ2) is 5.50. The summed E-state index contributed by atoms with van der Waals surface area (Å²) in [5, 5.41) is 3.47. The van der Waals surface area contributed by atoms with Crippen LogP contribution in [0.4, 0.5) is 5.82 Å². The molecule has 1 saturated heterocycles. The van der Waals surface area contributed by atoms with Gasteiger partial charge in [-0.05, 0) is 31.9 Å². The summed E-state index contributed by atoms with van der Waals surface area (Å²) >= 11 is 0. The largest absolute Gasteiger partial charge is 0.356 e. The first kappa shape index (κ1) is 12.4. The predicted octanol–water partition coefficient (Wildman–Crippen LogP) is 2.60. The monoisotopic (exact) mass is 233 g/mol. The van der Waals surface area contributed by atoms with E-state index < -0.39 is 0 Å². The maximum Gasteiger partial charge on any atom is 0.133 e. The summed E-state index contributed by atoms with van der Waals surface area (Å²) in [5.74, 6) is 1.96. The van der Waals surface area contributed by atoms with E-state index in [0.717, 1.165) is 25.6 Å². The van der Waals surface area contributed by atoms with Gasteiger partial charge in [-0.1, -0.05) is 19.9 Å². The van der Waals surface area contributed by atoms with Crippen molar-refractivity contribution < 1.29 is 0 Å². The summed E-state index contributed by atoms with van der Waals surface area (Å²) in [7, 11) is 0. The Morgan fingerprint density at radius 2 is 2.41 bits per heavy atom. The minimum absolute atomic E-state index is 0.375. The molecule has 0 saturated carbocycles. The van der Waals surface area contributed by atoms with Crippen LogP contribution in [0.25, 0.3) is 0 Å². The molecule has 0 amide bonds. The Bertz CT molecular complexity index is 364. The van der Waals surface area contributed by atoms with Crippen molar-refractivity contribution in [1.29, 1.82) is 0 Å². The van der Waals surface area contributed by atoms with E-state index in [9.17, 15) is 0 Å². The van der Waals surface area contributed by atoms with Gasteiger partial charge in [0, 0.05) is 30.9 Å². The first-order chi connectivity index (χ1) is 8.22. The SMILES string of the molecule is CCNC(C)c1cccnc1N1CCC(C)C1. The maximum atomic E-state index is 4.58. The predicted molar refractivity (Wildman–Crippen MR) is 72.3 cm³/mol. The van der Waals surface area contributed by atoms with Gasteiger partial charge in [0.25, 0.3) is 0 Å². The lowest BCUT2D eigenvalue weighted by molar-refractivity contribution is 0.594. The van der Waals surface area contributed by atoms with E-state index in [1.807, 2.05) is 12.3 Å². The van der Waals surface area contributed by atoms with Crippen LogP contribution in [0.15, 0.2) is 18.3 Å². The molecule has 0 aromatic carbocycles. The number of pyridine rings is 1. The second-order valence-electron chi connectivity index (χ2n) is 5.04. The molecule has 1 aliphatic rings. The minimum atomic E-state index is 0.375. The average Bonchev–Trinajstić information content (AvgIpc) is 2.76. The highest BCUT2D eigenvalue weighted by Crippen LogP contribution is 2.28. The summed E-state index contributed by atoms with van der Waals surface area (Å²) < 4.78 is 0. The highest BCUT2D eigenvalue weighted by atomic mass is 15.2. The molecule has 3 nitrogen and oxygen atoms in total. The molecular formula is C14H23N3. The molecule has 1 fully saturated rings. The first-order valence-electron chi connectivity index (χ1n) is 6.65. The summed E-state index contributed by atoms with van der Waals surface area (Å²) in [6.45, 7) is 9.95. The number of hydrogen-bond acceptors (Lipinski definition) is 3. The third kappa shape index (κ3) is 2.78. The van der Waals surface area contributed by atoms with Gasteiger partial charge in [0.1, 0.15) is 5.82 Å². The van der Waals surface area contributed by atoms with E-state index in [0.29, 0.717) is 6.04 Å². The quantitative estimate of drug-likeness (QED) is 0.866. The van der Waals surface area contributed by atoms with Gasteiger partial charge in [0.05, 0.1) is 0 Å². The molecule has 2 rings (SSSR count).